The Morgan fingerprint density at radius 2 is 2.14 bits per heavy atom. The van der Waals surface area contributed by atoms with Gasteiger partial charge in [-0.05, 0) is 24.8 Å². The maximum Gasteiger partial charge on any atom is 0.143 e. The van der Waals surface area contributed by atoms with E-state index in [1.165, 1.54) is 5.57 Å². The van der Waals surface area contributed by atoms with Crippen LogP contribution in [-0.2, 0) is 0 Å². The average Bonchev–Trinajstić information content (AvgIpc) is 2.61. The van der Waals surface area contributed by atoms with E-state index in [1.54, 1.807) is 0 Å². The molecule has 0 aromatic rings. The van der Waals surface area contributed by atoms with Gasteiger partial charge in [0.1, 0.15) is 11.7 Å². The van der Waals surface area contributed by atoms with Gasteiger partial charge in [0.25, 0.3) is 0 Å². The summed E-state index contributed by atoms with van der Waals surface area (Å²) in [6, 6.07) is 0. The third-order valence-corrected chi connectivity index (χ3v) is 4.73. The first-order chi connectivity index (χ1) is 10.8. The molecule has 2 atom stereocenters. The summed E-state index contributed by atoms with van der Waals surface area (Å²) in [7, 11) is 0. The topological polar surface area (TPSA) is 39.1 Å². The van der Waals surface area contributed by atoms with Gasteiger partial charge < -0.3 is 14.9 Å². The van der Waals surface area contributed by atoms with E-state index in [0.29, 0.717) is 11.8 Å². The highest BCUT2D eigenvalue weighted by Crippen LogP contribution is 2.32. The molecule has 1 fully saturated rings. The van der Waals surface area contributed by atoms with Gasteiger partial charge in [-0.2, -0.15) is 0 Å². The SMILES string of the molecule is OCC1CCCN(C2=NC3=C4C=CC=CC4C=CN3C=C2)C1. The second kappa shape index (κ2) is 5.61. The summed E-state index contributed by atoms with van der Waals surface area (Å²) in [6.45, 7) is 2.19. The summed E-state index contributed by atoms with van der Waals surface area (Å²) in [5.74, 6) is 2.75. The standard InChI is InChI=1S/C18H21N3O/c22-13-14-4-3-9-21(12-14)17-8-11-20-10-7-15-5-1-2-6-16(15)18(20)19-17/h1-2,5-8,10-11,14-15,22H,3-4,9,12-13H2. The fourth-order valence-corrected chi connectivity index (χ4v) is 3.49. The van der Waals surface area contributed by atoms with E-state index in [1.807, 2.05) is 0 Å². The minimum absolute atomic E-state index is 0.270. The molecule has 4 aliphatic rings. The molecule has 0 spiro atoms. The number of aliphatic hydroxyl groups is 1. The zero-order valence-corrected chi connectivity index (χ0v) is 12.6. The minimum atomic E-state index is 0.270. The molecule has 4 rings (SSSR count). The summed E-state index contributed by atoms with van der Waals surface area (Å²) in [5, 5.41) is 9.42. The van der Waals surface area contributed by atoms with Crippen molar-refractivity contribution in [2.75, 3.05) is 19.7 Å². The van der Waals surface area contributed by atoms with E-state index in [9.17, 15) is 5.11 Å². The molecule has 0 aromatic heterocycles. The number of rotatable bonds is 1. The van der Waals surface area contributed by atoms with Crippen LogP contribution < -0.4 is 0 Å². The minimum Gasteiger partial charge on any atom is -0.396 e. The van der Waals surface area contributed by atoms with Gasteiger partial charge in [0.15, 0.2) is 0 Å². The molecule has 2 unspecified atom stereocenters. The third kappa shape index (κ3) is 2.33. The van der Waals surface area contributed by atoms with Gasteiger partial charge in [0, 0.05) is 43.6 Å². The monoisotopic (exact) mass is 295 g/mol. The average molecular weight is 295 g/mol. The molecule has 3 aliphatic heterocycles. The zero-order valence-electron chi connectivity index (χ0n) is 12.6. The number of aliphatic imine (C=N–C) groups is 1. The first kappa shape index (κ1) is 13.6. The Kier molecular flexibility index (Phi) is 3.47. The smallest absolute Gasteiger partial charge is 0.143 e. The summed E-state index contributed by atoms with van der Waals surface area (Å²) in [5.41, 5.74) is 1.25. The summed E-state index contributed by atoms with van der Waals surface area (Å²) >= 11 is 0. The number of amidine groups is 1. The van der Waals surface area contributed by atoms with Crippen molar-refractivity contribution in [3.05, 3.63) is 60.3 Å². The van der Waals surface area contributed by atoms with E-state index in [2.05, 4.69) is 58.7 Å². The fourth-order valence-electron chi connectivity index (χ4n) is 3.49. The summed E-state index contributed by atoms with van der Waals surface area (Å²) in [6.07, 6.45) is 19.2. The van der Waals surface area contributed by atoms with Crippen molar-refractivity contribution in [2.45, 2.75) is 12.8 Å². The molecule has 22 heavy (non-hydrogen) atoms. The van der Waals surface area contributed by atoms with E-state index in [-0.39, 0.29) is 6.61 Å². The van der Waals surface area contributed by atoms with Crippen molar-refractivity contribution in [2.24, 2.45) is 16.8 Å². The van der Waals surface area contributed by atoms with Crippen LogP contribution in [0.2, 0.25) is 0 Å². The third-order valence-electron chi connectivity index (χ3n) is 4.73. The lowest BCUT2D eigenvalue weighted by molar-refractivity contribution is 0.160. The van der Waals surface area contributed by atoms with Gasteiger partial charge in [-0.25, -0.2) is 4.99 Å². The lowest BCUT2D eigenvalue weighted by Crippen LogP contribution is -2.41. The van der Waals surface area contributed by atoms with Crippen LogP contribution in [0.1, 0.15) is 12.8 Å². The molecule has 114 valence electrons. The maximum absolute atomic E-state index is 9.42. The second-order valence-corrected chi connectivity index (χ2v) is 6.22. The lowest BCUT2D eigenvalue weighted by Gasteiger charge is -2.36. The molecule has 0 aromatic carbocycles. The van der Waals surface area contributed by atoms with Crippen molar-refractivity contribution in [1.29, 1.82) is 0 Å². The Morgan fingerprint density at radius 1 is 1.18 bits per heavy atom. The zero-order chi connectivity index (χ0) is 14.9. The number of nitrogens with zero attached hydrogens (tertiary/aromatic N) is 3. The highest BCUT2D eigenvalue weighted by molar-refractivity contribution is 5.94. The molecule has 0 amide bonds. The van der Waals surface area contributed by atoms with Crippen LogP contribution in [0.3, 0.4) is 0 Å². The van der Waals surface area contributed by atoms with Crippen LogP contribution in [0.25, 0.3) is 0 Å². The van der Waals surface area contributed by atoms with Gasteiger partial charge in [-0.1, -0.05) is 30.4 Å². The predicted molar refractivity (Wildman–Crippen MR) is 87.7 cm³/mol. The molecule has 0 radical (unpaired) electrons. The molecular formula is C18H21N3O. The number of aliphatic hydroxyl groups excluding tert-OH is 1. The first-order valence-corrected chi connectivity index (χ1v) is 8.03. The van der Waals surface area contributed by atoms with Crippen molar-refractivity contribution < 1.29 is 5.11 Å². The van der Waals surface area contributed by atoms with Crippen LogP contribution in [0.15, 0.2) is 65.2 Å². The number of fused-ring (bicyclic) bond motifs is 2. The number of likely N-dealkylation sites (tertiary alicyclic amines) is 1. The van der Waals surface area contributed by atoms with Gasteiger partial charge in [0.05, 0.1) is 0 Å². The molecule has 4 heteroatoms. The Labute approximate surface area is 131 Å². The molecule has 1 N–H and O–H groups in total. The van der Waals surface area contributed by atoms with E-state index < -0.39 is 0 Å². The van der Waals surface area contributed by atoms with Crippen molar-refractivity contribution >= 4 is 5.84 Å². The number of hydrogen-bond donors (Lipinski definition) is 1. The van der Waals surface area contributed by atoms with Crippen molar-refractivity contribution in [3.8, 4) is 0 Å². The summed E-state index contributed by atoms with van der Waals surface area (Å²) < 4.78 is 0. The molecule has 0 bridgehead atoms. The van der Waals surface area contributed by atoms with Crippen LogP contribution in [0, 0.1) is 11.8 Å². The molecule has 1 saturated heterocycles. The fraction of sp³-hybridized carbons (Fsp3) is 0.389. The lowest BCUT2D eigenvalue weighted by atomic mass is 9.92. The van der Waals surface area contributed by atoms with Crippen molar-refractivity contribution in [1.82, 2.24) is 9.80 Å². The van der Waals surface area contributed by atoms with Gasteiger partial charge in [0.2, 0.25) is 0 Å². The molecular weight excluding hydrogens is 274 g/mol. The Hall–Kier alpha value is -2.07. The van der Waals surface area contributed by atoms with E-state index in [4.69, 9.17) is 4.99 Å². The maximum atomic E-state index is 9.42. The number of piperidine rings is 1. The molecule has 3 heterocycles. The quantitative estimate of drug-likeness (QED) is 0.807. The van der Waals surface area contributed by atoms with Gasteiger partial charge >= 0.3 is 0 Å². The first-order valence-electron chi connectivity index (χ1n) is 8.03. The predicted octanol–water partition coefficient (Wildman–Crippen LogP) is 2.40. The Morgan fingerprint density at radius 3 is 3.05 bits per heavy atom. The number of hydrogen-bond acceptors (Lipinski definition) is 4. The molecule has 4 nitrogen and oxygen atoms in total. The molecule has 1 aliphatic carbocycles. The molecule has 0 saturated carbocycles. The Bertz CT molecular complexity index is 639. The van der Waals surface area contributed by atoms with Crippen LogP contribution in [0.4, 0.5) is 0 Å². The largest absolute Gasteiger partial charge is 0.396 e. The normalized spacial score (nSPS) is 29.6. The van der Waals surface area contributed by atoms with Crippen LogP contribution in [0.5, 0.6) is 0 Å². The second-order valence-electron chi connectivity index (χ2n) is 6.22. The highest BCUT2D eigenvalue weighted by Gasteiger charge is 2.26. The highest BCUT2D eigenvalue weighted by atomic mass is 16.3. The van der Waals surface area contributed by atoms with Gasteiger partial charge in [-0.3, -0.25) is 0 Å². The van der Waals surface area contributed by atoms with E-state index in [0.717, 1.165) is 37.6 Å². The van der Waals surface area contributed by atoms with Gasteiger partial charge in [-0.15, -0.1) is 0 Å². The van der Waals surface area contributed by atoms with E-state index >= 15 is 0 Å². The summed E-state index contributed by atoms with van der Waals surface area (Å²) in [4.78, 5) is 9.32. The number of allylic oxidation sites excluding steroid dienone is 6. The van der Waals surface area contributed by atoms with Crippen LogP contribution >= 0.6 is 0 Å². The van der Waals surface area contributed by atoms with Crippen molar-refractivity contribution in [3.63, 3.8) is 0 Å². The van der Waals surface area contributed by atoms with Crippen LogP contribution in [-0.4, -0.2) is 40.4 Å². The Balaban J connectivity index is 1.64.